The molecule has 0 aliphatic carbocycles. The van der Waals surface area contributed by atoms with Crippen LogP contribution < -0.4 is 4.74 Å². The number of hydrogen-bond donors (Lipinski definition) is 0. The van der Waals surface area contributed by atoms with Gasteiger partial charge in [0.25, 0.3) is 0 Å². The average Bonchev–Trinajstić information content (AvgIpc) is 3.47. The SMILES string of the molecule is COCCCN1C(C=Cc2ccc(-n3ccnc3)c(OC)c2)=NOC1(C)c1ccc(F)cc1. The molecule has 3 aromatic rings. The highest BCUT2D eigenvalue weighted by Gasteiger charge is 2.42. The highest BCUT2D eigenvalue weighted by atomic mass is 19.1. The fourth-order valence-corrected chi connectivity index (χ4v) is 3.82. The Bertz CT molecular complexity index is 1130. The standard InChI is InChI=1S/C25H27FN4O3/c1-25(20-7-9-21(26)10-8-20)30(14-4-16-31-2)24(28-33-25)12-6-19-5-11-22(23(17-19)32-3)29-15-13-27-18-29/h5-13,15,17-18H,4,14,16H2,1-3H3. The molecule has 1 atom stereocenters. The predicted octanol–water partition coefficient (Wildman–Crippen LogP) is 4.59. The molecule has 1 unspecified atom stereocenters. The van der Waals surface area contributed by atoms with E-state index in [2.05, 4.69) is 15.0 Å². The van der Waals surface area contributed by atoms with Gasteiger partial charge in [-0.2, -0.15) is 0 Å². The minimum atomic E-state index is -0.843. The second-order valence-corrected chi connectivity index (χ2v) is 7.76. The van der Waals surface area contributed by atoms with Gasteiger partial charge in [0.2, 0.25) is 5.72 Å². The normalized spacial score (nSPS) is 17.9. The summed E-state index contributed by atoms with van der Waals surface area (Å²) in [7, 11) is 3.32. The number of nitrogens with zero attached hydrogens (tertiary/aromatic N) is 4. The molecule has 4 rings (SSSR count). The average molecular weight is 451 g/mol. The molecule has 0 radical (unpaired) electrons. The number of rotatable bonds is 9. The molecule has 0 saturated heterocycles. The summed E-state index contributed by atoms with van der Waals surface area (Å²) in [6.07, 6.45) is 9.98. The fourth-order valence-electron chi connectivity index (χ4n) is 3.82. The van der Waals surface area contributed by atoms with Crippen molar-refractivity contribution in [1.29, 1.82) is 0 Å². The molecule has 2 aromatic carbocycles. The Morgan fingerprint density at radius 1 is 1.12 bits per heavy atom. The zero-order valence-electron chi connectivity index (χ0n) is 18.9. The lowest BCUT2D eigenvalue weighted by Crippen LogP contribution is -2.44. The number of oxime groups is 1. The Morgan fingerprint density at radius 2 is 1.94 bits per heavy atom. The highest BCUT2D eigenvalue weighted by molar-refractivity contribution is 5.97. The number of halogens is 1. The van der Waals surface area contributed by atoms with Gasteiger partial charge in [-0.1, -0.05) is 29.4 Å². The molecule has 0 spiro atoms. The van der Waals surface area contributed by atoms with Crippen molar-refractivity contribution >= 4 is 11.9 Å². The first-order chi connectivity index (χ1) is 16.0. The van der Waals surface area contributed by atoms with Gasteiger partial charge in [-0.3, -0.25) is 0 Å². The van der Waals surface area contributed by atoms with Gasteiger partial charge in [-0.05, 0) is 42.3 Å². The van der Waals surface area contributed by atoms with Crippen molar-refractivity contribution in [2.75, 3.05) is 27.4 Å². The van der Waals surface area contributed by atoms with E-state index in [-0.39, 0.29) is 5.82 Å². The molecule has 172 valence electrons. The molecule has 0 amide bonds. The summed E-state index contributed by atoms with van der Waals surface area (Å²) in [4.78, 5) is 12.0. The van der Waals surface area contributed by atoms with E-state index in [1.165, 1.54) is 12.1 Å². The summed E-state index contributed by atoms with van der Waals surface area (Å²) in [5.41, 5.74) is 1.83. The van der Waals surface area contributed by atoms with E-state index in [0.717, 1.165) is 29.0 Å². The molecular formula is C25H27FN4O3. The predicted molar refractivity (Wildman–Crippen MR) is 125 cm³/mol. The molecule has 0 N–H and O–H groups in total. The first kappa shape index (κ1) is 22.5. The van der Waals surface area contributed by atoms with Crippen LogP contribution in [-0.2, 0) is 15.3 Å². The lowest BCUT2D eigenvalue weighted by atomic mass is 10.0. The number of aromatic nitrogens is 2. The monoisotopic (exact) mass is 450 g/mol. The van der Waals surface area contributed by atoms with Crippen LogP contribution in [0.4, 0.5) is 4.39 Å². The van der Waals surface area contributed by atoms with E-state index < -0.39 is 5.72 Å². The molecule has 1 aliphatic heterocycles. The van der Waals surface area contributed by atoms with Crippen LogP contribution in [0.15, 0.2) is 72.4 Å². The third-order valence-corrected chi connectivity index (χ3v) is 5.63. The summed E-state index contributed by atoms with van der Waals surface area (Å²) >= 11 is 0. The molecule has 0 fully saturated rings. The Balaban J connectivity index is 1.58. The van der Waals surface area contributed by atoms with E-state index in [1.54, 1.807) is 38.9 Å². The van der Waals surface area contributed by atoms with E-state index in [0.29, 0.717) is 19.0 Å². The Kier molecular flexibility index (Phi) is 6.74. The maximum absolute atomic E-state index is 13.5. The minimum absolute atomic E-state index is 0.291. The fraction of sp³-hybridized carbons (Fsp3) is 0.280. The van der Waals surface area contributed by atoms with Crippen molar-refractivity contribution in [2.45, 2.75) is 19.1 Å². The molecule has 0 saturated carbocycles. The second-order valence-electron chi connectivity index (χ2n) is 7.76. The van der Waals surface area contributed by atoms with Crippen LogP contribution >= 0.6 is 0 Å². The van der Waals surface area contributed by atoms with Gasteiger partial charge in [0.05, 0.1) is 19.1 Å². The Hall–Kier alpha value is -3.65. The molecule has 1 aliphatic rings. The van der Waals surface area contributed by atoms with Gasteiger partial charge in [-0.25, -0.2) is 9.37 Å². The van der Waals surface area contributed by atoms with Crippen LogP contribution in [0.1, 0.15) is 24.5 Å². The van der Waals surface area contributed by atoms with Crippen molar-refractivity contribution < 1.29 is 18.7 Å². The maximum Gasteiger partial charge on any atom is 0.234 e. The summed E-state index contributed by atoms with van der Waals surface area (Å²) in [5.74, 6) is 1.11. The topological polar surface area (TPSA) is 61.1 Å². The van der Waals surface area contributed by atoms with Crippen molar-refractivity contribution in [2.24, 2.45) is 5.16 Å². The van der Waals surface area contributed by atoms with Crippen molar-refractivity contribution in [1.82, 2.24) is 14.5 Å². The van der Waals surface area contributed by atoms with Gasteiger partial charge in [-0.15, -0.1) is 0 Å². The Labute approximate surface area is 192 Å². The smallest absolute Gasteiger partial charge is 0.234 e. The summed E-state index contributed by atoms with van der Waals surface area (Å²) in [5, 5.41) is 4.34. The zero-order valence-corrected chi connectivity index (χ0v) is 18.9. The first-order valence-corrected chi connectivity index (χ1v) is 10.7. The number of hydrogen-bond acceptors (Lipinski definition) is 6. The molecule has 8 heteroatoms. The lowest BCUT2D eigenvalue weighted by Gasteiger charge is -2.34. The lowest BCUT2D eigenvalue weighted by molar-refractivity contribution is -0.0914. The second kappa shape index (κ2) is 9.87. The molecule has 33 heavy (non-hydrogen) atoms. The van der Waals surface area contributed by atoms with Gasteiger partial charge >= 0.3 is 0 Å². The quantitative estimate of drug-likeness (QED) is 0.447. The number of ether oxygens (including phenoxy) is 2. The van der Waals surface area contributed by atoms with Crippen LogP contribution in [-0.4, -0.2) is 47.7 Å². The van der Waals surface area contributed by atoms with Crippen molar-refractivity contribution in [3.63, 3.8) is 0 Å². The molecule has 1 aromatic heterocycles. The third kappa shape index (κ3) is 4.75. The van der Waals surface area contributed by atoms with Crippen molar-refractivity contribution in [3.05, 3.63) is 84.2 Å². The van der Waals surface area contributed by atoms with Gasteiger partial charge in [0.1, 0.15) is 11.6 Å². The molecule has 7 nitrogen and oxygen atoms in total. The summed E-state index contributed by atoms with van der Waals surface area (Å²) in [6, 6.07) is 12.2. The Morgan fingerprint density at radius 3 is 2.64 bits per heavy atom. The van der Waals surface area contributed by atoms with Gasteiger partial charge in [0, 0.05) is 45.1 Å². The largest absolute Gasteiger partial charge is 0.495 e. The van der Waals surface area contributed by atoms with Crippen LogP contribution in [0, 0.1) is 5.82 Å². The molecular weight excluding hydrogens is 423 g/mol. The molecule has 0 bridgehead atoms. The summed E-state index contributed by atoms with van der Waals surface area (Å²) < 4.78 is 26.2. The van der Waals surface area contributed by atoms with Gasteiger partial charge in [0.15, 0.2) is 5.84 Å². The number of methoxy groups -OCH3 is 2. The third-order valence-electron chi connectivity index (χ3n) is 5.63. The van der Waals surface area contributed by atoms with Gasteiger partial charge < -0.3 is 23.8 Å². The van der Waals surface area contributed by atoms with E-state index in [1.807, 2.05) is 48.0 Å². The van der Waals surface area contributed by atoms with Crippen LogP contribution in [0.2, 0.25) is 0 Å². The van der Waals surface area contributed by atoms with Crippen LogP contribution in [0.25, 0.3) is 11.8 Å². The van der Waals surface area contributed by atoms with E-state index in [4.69, 9.17) is 14.3 Å². The molecule has 2 heterocycles. The number of benzene rings is 2. The minimum Gasteiger partial charge on any atom is -0.495 e. The first-order valence-electron chi connectivity index (χ1n) is 10.7. The summed E-state index contributed by atoms with van der Waals surface area (Å²) in [6.45, 7) is 3.20. The van der Waals surface area contributed by atoms with Crippen molar-refractivity contribution in [3.8, 4) is 11.4 Å². The van der Waals surface area contributed by atoms with E-state index >= 15 is 0 Å². The highest BCUT2D eigenvalue weighted by Crippen LogP contribution is 2.35. The zero-order chi connectivity index (χ0) is 23.3. The van der Waals surface area contributed by atoms with Crippen LogP contribution in [0.5, 0.6) is 5.75 Å². The number of amidine groups is 1. The van der Waals surface area contributed by atoms with Crippen LogP contribution in [0.3, 0.4) is 0 Å². The van der Waals surface area contributed by atoms with E-state index in [9.17, 15) is 4.39 Å². The maximum atomic E-state index is 13.5. The number of imidazole rings is 1.